The number of nitrogens with two attached hydrogens (primary N) is 1. The molecule has 2 aromatic rings. The van der Waals surface area contributed by atoms with Crippen molar-refractivity contribution >= 4 is 34.8 Å². The normalized spacial score (nSPS) is 18.0. The van der Waals surface area contributed by atoms with Crippen molar-refractivity contribution in [2.24, 2.45) is 5.73 Å². The van der Waals surface area contributed by atoms with Gasteiger partial charge >= 0.3 is 0 Å². The minimum atomic E-state index is -0.517. The molecule has 1 unspecified atom stereocenters. The average Bonchev–Trinajstić information content (AvgIpc) is 3.05. The van der Waals surface area contributed by atoms with Crippen LogP contribution < -0.4 is 11.1 Å². The number of nitrogens with one attached hydrogen (secondary N) is 1. The number of thiophene rings is 1. The number of rotatable bonds is 3. The average molecular weight is 350 g/mol. The highest BCUT2D eigenvalue weighted by atomic mass is 35.5. The number of benzene rings is 1. The lowest BCUT2D eigenvalue weighted by atomic mass is 10.0. The Morgan fingerprint density at radius 1 is 1.22 bits per heavy atom. The number of primary amides is 1. The molecule has 120 valence electrons. The zero-order valence-corrected chi connectivity index (χ0v) is 13.9. The van der Waals surface area contributed by atoms with Gasteiger partial charge in [-0.15, -0.1) is 11.3 Å². The number of amides is 2. The lowest BCUT2D eigenvalue weighted by Gasteiger charge is -2.36. The molecule has 1 saturated heterocycles. The van der Waals surface area contributed by atoms with Crippen molar-refractivity contribution in [2.75, 3.05) is 19.6 Å². The van der Waals surface area contributed by atoms with Crippen LogP contribution in [0.1, 0.15) is 30.9 Å². The fraction of sp³-hybridized carbons (Fsp3) is 0.250. The number of nitrogens with zero attached hydrogens (tertiary/aromatic N) is 1. The highest BCUT2D eigenvalue weighted by molar-refractivity contribution is 7.15. The molecule has 0 bridgehead atoms. The van der Waals surface area contributed by atoms with Gasteiger partial charge in [0.05, 0.1) is 15.8 Å². The Balaban J connectivity index is 1.90. The molecule has 23 heavy (non-hydrogen) atoms. The van der Waals surface area contributed by atoms with Crippen LogP contribution in [0, 0.1) is 0 Å². The van der Waals surface area contributed by atoms with Crippen LogP contribution in [-0.4, -0.2) is 36.3 Å². The molecule has 1 atom stereocenters. The summed E-state index contributed by atoms with van der Waals surface area (Å²) in [5.41, 5.74) is 6.18. The van der Waals surface area contributed by atoms with E-state index in [1.807, 2.05) is 24.3 Å². The Kier molecular flexibility index (Phi) is 4.66. The molecule has 2 heterocycles. The molecule has 5 nitrogen and oxygen atoms in total. The summed E-state index contributed by atoms with van der Waals surface area (Å²) in [5, 5.41) is 3.94. The highest BCUT2D eigenvalue weighted by Crippen LogP contribution is 2.30. The van der Waals surface area contributed by atoms with E-state index in [0.29, 0.717) is 27.9 Å². The van der Waals surface area contributed by atoms with Crippen LogP contribution in [0.15, 0.2) is 36.4 Å². The second-order valence-electron chi connectivity index (χ2n) is 5.27. The second kappa shape index (κ2) is 6.70. The highest BCUT2D eigenvalue weighted by Gasteiger charge is 2.30. The summed E-state index contributed by atoms with van der Waals surface area (Å²) >= 11 is 7.42. The van der Waals surface area contributed by atoms with E-state index in [9.17, 15) is 9.59 Å². The maximum atomic E-state index is 12.8. The molecule has 1 aromatic heterocycles. The van der Waals surface area contributed by atoms with E-state index in [4.69, 9.17) is 17.3 Å². The third-order valence-corrected chi connectivity index (χ3v) is 5.26. The zero-order chi connectivity index (χ0) is 16.4. The summed E-state index contributed by atoms with van der Waals surface area (Å²) in [4.78, 5) is 26.8. The quantitative estimate of drug-likeness (QED) is 0.892. The molecule has 3 N–H and O–H groups in total. The van der Waals surface area contributed by atoms with E-state index in [1.54, 1.807) is 17.0 Å². The number of halogens is 1. The van der Waals surface area contributed by atoms with Gasteiger partial charge in [0.2, 0.25) is 0 Å². The van der Waals surface area contributed by atoms with Gasteiger partial charge in [-0.25, -0.2) is 0 Å². The Hall–Kier alpha value is -1.89. The van der Waals surface area contributed by atoms with Crippen LogP contribution in [0.5, 0.6) is 0 Å². The summed E-state index contributed by atoms with van der Waals surface area (Å²) < 4.78 is 0. The largest absolute Gasteiger partial charge is 0.365 e. The van der Waals surface area contributed by atoms with Crippen molar-refractivity contribution in [1.82, 2.24) is 10.2 Å². The minimum absolute atomic E-state index is 0.103. The van der Waals surface area contributed by atoms with E-state index < -0.39 is 5.91 Å². The minimum Gasteiger partial charge on any atom is -0.365 e. The first-order chi connectivity index (χ1) is 11.1. The molecule has 0 saturated carbocycles. The van der Waals surface area contributed by atoms with Crippen LogP contribution in [0.2, 0.25) is 5.02 Å². The van der Waals surface area contributed by atoms with Crippen molar-refractivity contribution in [3.05, 3.63) is 56.7 Å². The summed E-state index contributed by atoms with van der Waals surface area (Å²) in [5.74, 6) is -0.620. The summed E-state index contributed by atoms with van der Waals surface area (Å²) in [7, 11) is 0. The van der Waals surface area contributed by atoms with E-state index in [-0.39, 0.29) is 11.9 Å². The maximum absolute atomic E-state index is 12.8. The monoisotopic (exact) mass is 349 g/mol. The molecular weight excluding hydrogens is 334 g/mol. The number of hydrogen-bond acceptors (Lipinski definition) is 4. The number of carbonyl (C=O) groups is 2. The van der Waals surface area contributed by atoms with E-state index in [2.05, 4.69) is 5.32 Å². The summed E-state index contributed by atoms with van der Waals surface area (Å²) in [6, 6.07) is 10.6. The number of piperazine rings is 1. The van der Waals surface area contributed by atoms with Crippen LogP contribution in [0.25, 0.3) is 0 Å². The van der Waals surface area contributed by atoms with Gasteiger partial charge < -0.3 is 16.0 Å². The number of carbonyl (C=O) groups excluding carboxylic acids is 2. The standard InChI is InChI=1S/C16H16ClN3O2S/c17-11-4-2-1-3-10(11)12-9-19-7-8-20(12)16(22)14-6-5-13(23-14)15(18)21/h1-6,12,19H,7-9H2,(H2,18,21). The number of hydrogen-bond donors (Lipinski definition) is 2. The van der Waals surface area contributed by atoms with Crippen LogP contribution >= 0.6 is 22.9 Å². The van der Waals surface area contributed by atoms with Crippen molar-refractivity contribution in [3.8, 4) is 0 Å². The molecule has 3 rings (SSSR count). The van der Waals surface area contributed by atoms with Crippen LogP contribution in [-0.2, 0) is 0 Å². The topological polar surface area (TPSA) is 75.4 Å². The van der Waals surface area contributed by atoms with Gasteiger partial charge in [-0.3, -0.25) is 9.59 Å². The van der Waals surface area contributed by atoms with Gasteiger partial charge in [-0.1, -0.05) is 29.8 Å². The predicted molar refractivity (Wildman–Crippen MR) is 90.9 cm³/mol. The third kappa shape index (κ3) is 3.24. The van der Waals surface area contributed by atoms with Crippen LogP contribution in [0.4, 0.5) is 0 Å². The molecule has 2 amide bonds. The Bertz CT molecular complexity index is 746. The van der Waals surface area contributed by atoms with E-state index in [0.717, 1.165) is 23.4 Å². The predicted octanol–water partition coefficient (Wildman–Crippen LogP) is 2.29. The Labute approximate surface area is 143 Å². The van der Waals surface area contributed by atoms with Gasteiger partial charge in [-0.05, 0) is 23.8 Å². The van der Waals surface area contributed by atoms with Crippen molar-refractivity contribution in [1.29, 1.82) is 0 Å². The van der Waals surface area contributed by atoms with Gasteiger partial charge in [0, 0.05) is 24.7 Å². The molecule has 0 radical (unpaired) electrons. The second-order valence-corrected chi connectivity index (χ2v) is 6.76. The first kappa shape index (κ1) is 16.0. The molecule has 7 heteroatoms. The molecule has 1 fully saturated rings. The first-order valence-corrected chi connectivity index (χ1v) is 8.43. The fourth-order valence-electron chi connectivity index (χ4n) is 2.70. The molecule has 0 spiro atoms. The first-order valence-electron chi connectivity index (χ1n) is 7.23. The molecule has 0 aliphatic carbocycles. The van der Waals surface area contributed by atoms with Gasteiger partial charge in [-0.2, -0.15) is 0 Å². The Morgan fingerprint density at radius 3 is 2.65 bits per heavy atom. The Morgan fingerprint density at radius 2 is 1.96 bits per heavy atom. The third-order valence-electron chi connectivity index (χ3n) is 3.83. The maximum Gasteiger partial charge on any atom is 0.264 e. The van der Waals surface area contributed by atoms with E-state index >= 15 is 0 Å². The van der Waals surface area contributed by atoms with Crippen LogP contribution in [0.3, 0.4) is 0 Å². The molecular formula is C16H16ClN3O2S. The van der Waals surface area contributed by atoms with Crippen molar-refractivity contribution < 1.29 is 9.59 Å². The molecule has 1 aromatic carbocycles. The zero-order valence-electron chi connectivity index (χ0n) is 12.3. The molecule has 1 aliphatic rings. The summed E-state index contributed by atoms with van der Waals surface area (Å²) in [6.45, 7) is 1.95. The lowest BCUT2D eigenvalue weighted by molar-refractivity contribution is 0.0639. The summed E-state index contributed by atoms with van der Waals surface area (Å²) in [6.07, 6.45) is 0. The molecule has 1 aliphatic heterocycles. The fourth-order valence-corrected chi connectivity index (χ4v) is 3.77. The van der Waals surface area contributed by atoms with Crippen molar-refractivity contribution in [3.63, 3.8) is 0 Å². The lowest BCUT2D eigenvalue weighted by Crippen LogP contribution is -2.48. The van der Waals surface area contributed by atoms with Gasteiger partial charge in [0.25, 0.3) is 11.8 Å². The smallest absolute Gasteiger partial charge is 0.264 e. The SMILES string of the molecule is NC(=O)c1ccc(C(=O)N2CCNCC2c2ccccc2Cl)s1. The van der Waals surface area contributed by atoms with Crippen molar-refractivity contribution in [2.45, 2.75) is 6.04 Å². The van der Waals surface area contributed by atoms with E-state index in [1.165, 1.54) is 0 Å². The van der Waals surface area contributed by atoms with Gasteiger partial charge in [0.1, 0.15) is 0 Å². The van der Waals surface area contributed by atoms with Gasteiger partial charge in [0.15, 0.2) is 0 Å².